The Morgan fingerprint density at radius 1 is 1.04 bits per heavy atom. The summed E-state index contributed by atoms with van der Waals surface area (Å²) in [5, 5.41) is 3.45. The highest BCUT2D eigenvalue weighted by Crippen LogP contribution is 2.23. The van der Waals surface area contributed by atoms with E-state index in [0.29, 0.717) is 12.1 Å². The van der Waals surface area contributed by atoms with Crippen LogP contribution in [0.4, 0.5) is 4.39 Å². The maximum atomic E-state index is 14.4. The molecule has 0 aliphatic heterocycles. The molecule has 2 heterocycles. The van der Waals surface area contributed by atoms with Gasteiger partial charge in [0.1, 0.15) is 11.6 Å². The van der Waals surface area contributed by atoms with Crippen molar-refractivity contribution in [1.29, 1.82) is 0 Å². The molecule has 0 aliphatic rings. The first-order chi connectivity index (χ1) is 13.2. The quantitative estimate of drug-likeness (QED) is 0.571. The molecule has 6 heteroatoms. The molecule has 4 aromatic rings. The topological polar surface area (TPSA) is 47.7 Å². The summed E-state index contributed by atoms with van der Waals surface area (Å²) in [4.78, 5) is 8.48. The Balaban J connectivity index is 1.56. The van der Waals surface area contributed by atoms with Crippen LogP contribution in [0.15, 0.2) is 79.6 Å². The van der Waals surface area contributed by atoms with Gasteiger partial charge in [-0.1, -0.05) is 30.3 Å². The van der Waals surface area contributed by atoms with E-state index >= 15 is 0 Å². The number of nitrogens with one attached hydrogen (secondary N) is 1. The molecule has 0 radical (unpaired) electrons. The van der Waals surface area contributed by atoms with Crippen LogP contribution in [0.25, 0.3) is 5.69 Å². The summed E-state index contributed by atoms with van der Waals surface area (Å²) in [6.07, 6.45) is 9.02. The van der Waals surface area contributed by atoms with Gasteiger partial charge in [0.15, 0.2) is 0 Å². The standard InChI is InChI=1S/C21H20FN5/c1-26-12-11-24-21(26)20(18-4-2-3-5-19(18)22)25-14-16-6-8-17(9-7-16)27-13-10-23-15-27/h2-13,15,20,25H,14H2,1H3. The molecule has 2 aromatic heterocycles. The van der Waals surface area contributed by atoms with Crippen LogP contribution in [-0.2, 0) is 13.6 Å². The Kier molecular flexibility index (Phi) is 4.80. The first-order valence-corrected chi connectivity index (χ1v) is 8.74. The minimum atomic E-state index is -0.334. The van der Waals surface area contributed by atoms with Crippen molar-refractivity contribution in [1.82, 2.24) is 24.4 Å². The normalized spacial score (nSPS) is 12.2. The molecule has 0 spiro atoms. The highest BCUT2D eigenvalue weighted by Gasteiger charge is 2.20. The van der Waals surface area contributed by atoms with Crippen LogP contribution in [0.3, 0.4) is 0 Å². The van der Waals surface area contributed by atoms with Crippen molar-refractivity contribution in [2.24, 2.45) is 7.05 Å². The number of hydrogen-bond donors (Lipinski definition) is 1. The predicted molar refractivity (Wildman–Crippen MR) is 102 cm³/mol. The van der Waals surface area contributed by atoms with Crippen molar-refractivity contribution < 1.29 is 4.39 Å². The van der Waals surface area contributed by atoms with Crippen molar-refractivity contribution in [2.75, 3.05) is 0 Å². The molecule has 0 fully saturated rings. The summed E-state index contributed by atoms with van der Waals surface area (Å²) in [5.74, 6) is 0.531. The van der Waals surface area contributed by atoms with Gasteiger partial charge in [0, 0.05) is 49.6 Å². The average Bonchev–Trinajstić information content (AvgIpc) is 3.36. The Bertz CT molecular complexity index is 1010. The van der Waals surface area contributed by atoms with Gasteiger partial charge >= 0.3 is 0 Å². The van der Waals surface area contributed by atoms with Crippen LogP contribution in [0.5, 0.6) is 0 Å². The number of aryl methyl sites for hydroxylation is 1. The molecule has 4 rings (SSSR count). The van der Waals surface area contributed by atoms with E-state index in [-0.39, 0.29) is 11.9 Å². The minimum absolute atomic E-state index is 0.242. The second-order valence-corrected chi connectivity index (χ2v) is 6.37. The third-order valence-electron chi connectivity index (χ3n) is 4.58. The molecule has 1 N–H and O–H groups in total. The molecule has 0 bridgehead atoms. The van der Waals surface area contributed by atoms with Gasteiger partial charge in [-0.15, -0.1) is 0 Å². The van der Waals surface area contributed by atoms with Gasteiger partial charge in [0.2, 0.25) is 0 Å². The number of hydrogen-bond acceptors (Lipinski definition) is 3. The monoisotopic (exact) mass is 361 g/mol. The number of imidazole rings is 2. The maximum absolute atomic E-state index is 14.4. The van der Waals surface area contributed by atoms with Crippen molar-refractivity contribution in [3.05, 3.63) is 102 Å². The zero-order chi connectivity index (χ0) is 18.6. The molecule has 5 nitrogen and oxygen atoms in total. The average molecular weight is 361 g/mol. The molecule has 0 saturated heterocycles. The number of benzene rings is 2. The summed E-state index contributed by atoms with van der Waals surface area (Å²) < 4.78 is 18.3. The first kappa shape index (κ1) is 17.2. The predicted octanol–water partition coefficient (Wildman–Crippen LogP) is 3.62. The first-order valence-electron chi connectivity index (χ1n) is 8.74. The second-order valence-electron chi connectivity index (χ2n) is 6.37. The van der Waals surface area contributed by atoms with Gasteiger partial charge in [0.25, 0.3) is 0 Å². The Hall–Kier alpha value is -3.25. The largest absolute Gasteiger partial charge is 0.336 e. The fourth-order valence-electron chi connectivity index (χ4n) is 3.12. The van der Waals surface area contributed by atoms with Crippen LogP contribution in [0, 0.1) is 5.82 Å². The third-order valence-corrected chi connectivity index (χ3v) is 4.58. The Morgan fingerprint density at radius 3 is 2.52 bits per heavy atom. The molecule has 1 atom stereocenters. The molecule has 27 heavy (non-hydrogen) atoms. The lowest BCUT2D eigenvalue weighted by Gasteiger charge is -2.20. The van der Waals surface area contributed by atoms with Gasteiger partial charge in [0.05, 0.1) is 12.4 Å². The van der Waals surface area contributed by atoms with Crippen LogP contribution in [-0.4, -0.2) is 19.1 Å². The highest BCUT2D eigenvalue weighted by molar-refractivity contribution is 5.35. The highest BCUT2D eigenvalue weighted by atomic mass is 19.1. The van der Waals surface area contributed by atoms with Crippen molar-refractivity contribution in [3.8, 4) is 5.69 Å². The summed E-state index contributed by atoms with van der Waals surface area (Å²) in [7, 11) is 1.91. The van der Waals surface area contributed by atoms with E-state index in [9.17, 15) is 4.39 Å². The number of aromatic nitrogens is 4. The van der Waals surface area contributed by atoms with Crippen molar-refractivity contribution in [3.63, 3.8) is 0 Å². The third kappa shape index (κ3) is 3.66. The zero-order valence-electron chi connectivity index (χ0n) is 15.0. The lowest BCUT2D eigenvalue weighted by molar-refractivity contribution is 0.520. The summed E-state index contributed by atoms with van der Waals surface area (Å²) in [6, 6.07) is 14.7. The van der Waals surface area contributed by atoms with E-state index in [1.165, 1.54) is 6.07 Å². The molecule has 2 aromatic carbocycles. The van der Waals surface area contributed by atoms with Crippen LogP contribution in [0.1, 0.15) is 23.0 Å². The van der Waals surface area contributed by atoms with E-state index in [2.05, 4.69) is 27.4 Å². The van der Waals surface area contributed by atoms with Crippen LogP contribution < -0.4 is 5.32 Å². The molecule has 0 saturated carbocycles. The molecule has 0 aliphatic carbocycles. The lowest BCUT2D eigenvalue weighted by Crippen LogP contribution is -2.25. The zero-order valence-corrected chi connectivity index (χ0v) is 15.0. The van der Waals surface area contributed by atoms with E-state index in [1.807, 2.05) is 46.8 Å². The minimum Gasteiger partial charge on any atom is -0.336 e. The molecular formula is C21H20FN5. The number of halogens is 1. The fraction of sp³-hybridized carbons (Fsp3) is 0.143. The Labute approximate surface area is 157 Å². The van der Waals surface area contributed by atoms with Gasteiger partial charge in [-0.2, -0.15) is 0 Å². The summed E-state index contributed by atoms with van der Waals surface area (Å²) in [5.41, 5.74) is 2.74. The molecule has 136 valence electrons. The Morgan fingerprint density at radius 2 is 1.85 bits per heavy atom. The SMILES string of the molecule is Cn1ccnc1C(NCc1ccc(-n2ccnc2)cc1)c1ccccc1F. The molecule has 0 amide bonds. The maximum Gasteiger partial charge on any atom is 0.130 e. The van der Waals surface area contributed by atoms with Gasteiger partial charge in [-0.25, -0.2) is 14.4 Å². The lowest BCUT2D eigenvalue weighted by atomic mass is 10.0. The van der Waals surface area contributed by atoms with Gasteiger partial charge < -0.3 is 9.13 Å². The summed E-state index contributed by atoms with van der Waals surface area (Å²) >= 11 is 0. The van der Waals surface area contributed by atoms with E-state index < -0.39 is 0 Å². The number of rotatable bonds is 6. The molecule has 1 unspecified atom stereocenters. The number of nitrogens with zero attached hydrogens (tertiary/aromatic N) is 4. The van der Waals surface area contributed by atoms with E-state index in [4.69, 9.17) is 0 Å². The fourth-order valence-corrected chi connectivity index (χ4v) is 3.12. The van der Waals surface area contributed by atoms with Gasteiger partial charge in [-0.05, 0) is 23.8 Å². The van der Waals surface area contributed by atoms with Crippen molar-refractivity contribution >= 4 is 0 Å². The van der Waals surface area contributed by atoms with Crippen molar-refractivity contribution in [2.45, 2.75) is 12.6 Å². The summed E-state index contributed by atoms with van der Waals surface area (Å²) in [6.45, 7) is 0.593. The van der Waals surface area contributed by atoms with E-state index in [1.54, 1.807) is 30.9 Å². The van der Waals surface area contributed by atoms with Crippen LogP contribution in [0.2, 0.25) is 0 Å². The van der Waals surface area contributed by atoms with Gasteiger partial charge in [-0.3, -0.25) is 5.32 Å². The van der Waals surface area contributed by atoms with Crippen LogP contribution >= 0.6 is 0 Å². The molecular weight excluding hydrogens is 341 g/mol. The van der Waals surface area contributed by atoms with E-state index in [0.717, 1.165) is 17.1 Å². The second kappa shape index (κ2) is 7.55. The smallest absolute Gasteiger partial charge is 0.130 e.